The quantitative estimate of drug-likeness (QED) is 0.791. The third-order valence-corrected chi connectivity index (χ3v) is 4.88. The first-order chi connectivity index (χ1) is 8.65. The van der Waals surface area contributed by atoms with Crippen LogP contribution in [0, 0.1) is 17.8 Å². The van der Waals surface area contributed by atoms with Crippen molar-refractivity contribution in [1.82, 2.24) is 4.90 Å². The van der Waals surface area contributed by atoms with E-state index in [0.717, 1.165) is 44.2 Å². The Morgan fingerprint density at radius 2 is 1.83 bits per heavy atom. The summed E-state index contributed by atoms with van der Waals surface area (Å²) in [5, 5.41) is 9.44. The molecule has 0 saturated heterocycles. The zero-order valence-electron chi connectivity index (χ0n) is 11.8. The van der Waals surface area contributed by atoms with Crippen molar-refractivity contribution in [3.8, 4) is 0 Å². The first kappa shape index (κ1) is 13.9. The third kappa shape index (κ3) is 3.25. The molecule has 3 atom stereocenters. The van der Waals surface area contributed by atoms with Crippen LogP contribution in [0.25, 0.3) is 0 Å². The fraction of sp³-hybridized carbons (Fsp3) is 0.933. The lowest BCUT2D eigenvalue weighted by Gasteiger charge is -2.40. The smallest absolute Gasteiger partial charge is 0.308 e. The number of aliphatic carboxylic acids is 1. The molecule has 0 radical (unpaired) electrons. The maximum Gasteiger partial charge on any atom is 0.308 e. The average Bonchev–Trinajstić information content (AvgIpc) is 3.19. The van der Waals surface area contributed by atoms with Crippen LogP contribution in [0.3, 0.4) is 0 Å². The number of rotatable bonds is 6. The summed E-state index contributed by atoms with van der Waals surface area (Å²) in [7, 11) is 0. The molecule has 3 heteroatoms. The van der Waals surface area contributed by atoms with Crippen LogP contribution < -0.4 is 0 Å². The molecule has 2 aliphatic carbocycles. The molecular formula is C15H27NO2. The Morgan fingerprint density at radius 3 is 2.33 bits per heavy atom. The number of hydrogen-bond acceptors (Lipinski definition) is 2. The van der Waals surface area contributed by atoms with Crippen molar-refractivity contribution in [1.29, 1.82) is 0 Å². The third-order valence-electron chi connectivity index (χ3n) is 4.88. The van der Waals surface area contributed by atoms with E-state index in [2.05, 4.69) is 18.7 Å². The lowest BCUT2D eigenvalue weighted by Crippen LogP contribution is -2.47. The summed E-state index contributed by atoms with van der Waals surface area (Å²) in [6.45, 7) is 6.54. The van der Waals surface area contributed by atoms with Gasteiger partial charge in [0.25, 0.3) is 0 Å². The molecule has 0 spiro atoms. The molecule has 0 bridgehead atoms. The van der Waals surface area contributed by atoms with Crippen molar-refractivity contribution in [2.75, 3.05) is 13.1 Å². The summed E-state index contributed by atoms with van der Waals surface area (Å²) >= 11 is 0. The van der Waals surface area contributed by atoms with Crippen LogP contribution in [-0.4, -0.2) is 35.1 Å². The van der Waals surface area contributed by atoms with E-state index in [9.17, 15) is 9.90 Å². The highest BCUT2D eigenvalue weighted by Gasteiger charge is 2.38. The van der Waals surface area contributed by atoms with Crippen LogP contribution in [0.5, 0.6) is 0 Å². The summed E-state index contributed by atoms with van der Waals surface area (Å²) in [4.78, 5) is 13.9. The maximum absolute atomic E-state index is 11.5. The molecule has 18 heavy (non-hydrogen) atoms. The molecule has 0 aromatic carbocycles. The molecule has 3 nitrogen and oxygen atoms in total. The van der Waals surface area contributed by atoms with E-state index in [1.165, 1.54) is 19.3 Å². The van der Waals surface area contributed by atoms with Crippen LogP contribution in [0.15, 0.2) is 0 Å². The van der Waals surface area contributed by atoms with Gasteiger partial charge in [-0.25, -0.2) is 0 Å². The van der Waals surface area contributed by atoms with Crippen LogP contribution in [-0.2, 0) is 4.79 Å². The standard InChI is InChI=1S/C15H27NO2/c1-3-11-7-8-13(15(17)18)14(9-11)16(4-2)10-12-5-6-12/h11-14H,3-10H2,1-2H3,(H,17,18). The van der Waals surface area contributed by atoms with Gasteiger partial charge in [-0.1, -0.05) is 20.3 Å². The highest BCUT2D eigenvalue weighted by Crippen LogP contribution is 2.37. The predicted octanol–water partition coefficient (Wildman–Crippen LogP) is 3.00. The number of nitrogens with zero attached hydrogens (tertiary/aromatic N) is 1. The minimum Gasteiger partial charge on any atom is -0.481 e. The molecule has 1 N–H and O–H groups in total. The highest BCUT2D eigenvalue weighted by molar-refractivity contribution is 5.71. The van der Waals surface area contributed by atoms with Gasteiger partial charge in [-0.2, -0.15) is 0 Å². The SMILES string of the molecule is CCC1CCC(C(=O)O)C(N(CC)CC2CC2)C1. The van der Waals surface area contributed by atoms with Gasteiger partial charge < -0.3 is 5.11 Å². The Bertz CT molecular complexity index is 288. The Morgan fingerprint density at radius 1 is 1.17 bits per heavy atom. The van der Waals surface area contributed by atoms with E-state index >= 15 is 0 Å². The summed E-state index contributed by atoms with van der Waals surface area (Å²) in [5.41, 5.74) is 0. The summed E-state index contributed by atoms with van der Waals surface area (Å²) in [6.07, 6.45) is 6.96. The van der Waals surface area contributed by atoms with E-state index in [1.807, 2.05) is 0 Å². The molecule has 0 aromatic rings. The molecule has 3 unspecified atom stereocenters. The van der Waals surface area contributed by atoms with Crippen LogP contribution in [0.1, 0.15) is 52.4 Å². The van der Waals surface area contributed by atoms with Crippen molar-refractivity contribution < 1.29 is 9.90 Å². The zero-order valence-corrected chi connectivity index (χ0v) is 11.8. The molecule has 0 amide bonds. The number of carboxylic acid groups (broad SMARTS) is 1. The predicted molar refractivity (Wildman–Crippen MR) is 72.5 cm³/mol. The molecular weight excluding hydrogens is 226 g/mol. The molecule has 0 heterocycles. The molecule has 104 valence electrons. The van der Waals surface area contributed by atoms with Gasteiger partial charge in [-0.15, -0.1) is 0 Å². The largest absolute Gasteiger partial charge is 0.481 e. The Hall–Kier alpha value is -0.570. The fourth-order valence-electron chi connectivity index (χ4n) is 3.42. The average molecular weight is 253 g/mol. The second-order valence-electron chi connectivity index (χ2n) is 6.13. The summed E-state index contributed by atoms with van der Waals surface area (Å²) in [6, 6.07) is 0.284. The van der Waals surface area contributed by atoms with Gasteiger partial charge in [0.1, 0.15) is 0 Å². The highest BCUT2D eigenvalue weighted by atomic mass is 16.4. The Kier molecular flexibility index (Phi) is 4.66. The minimum absolute atomic E-state index is 0.133. The number of carbonyl (C=O) groups is 1. The Balaban J connectivity index is 2.03. The van der Waals surface area contributed by atoms with Crippen molar-refractivity contribution >= 4 is 5.97 Å². The van der Waals surface area contributed by atoms with Crippen LogP contribution >= 0.6 is 0 Å². The molecule has 2 rings (SSSR count). The molecule has 2 fully saturated rings. The maximum atomic E-state index is 11.5. The van der Waals surface area contributed by atoms with E-state index in [4.69, 9.17) is 0 Å². The first-order valence-electron chi connectivity index (χ1n) is 7.62. The van der Waals surface area contributed by atoms with E-state index in [1.54, 1.807) is 0 Å². The lowest BCUT2D eigenvalue weighted by atomic mass is 9.76. The minimum atomic E-state index is -0.580. The summed E-state index contributed by atoms with van der Waals surface area (Å²) in [5.74, 6) is 0.871. The van der Waals surface area contributed by atoms with E-state index in [-0.39, 0.29) is 12.0 Å². The van der Waals surface area contributed by atoms with Gasteiger partial charge in [-0.3, -0.25) is 9.69 Å². The fourth-order valence-corrected chi connectivity index (χ4v) is 3.42. The molecule has 0 aliphatic heterocycles. The second-order valence-corrected chi connectivity index (χ2v) is 6.13. The van der Waals surface area contributed by atoms with Gasteiger partial charge in [0.15, 0.2) is 0 Å². The van der Waals surface area contributed by atoms with Gasteiger partial charge >= 0.3 is 5.97 Å². The van der Waals surface area contributed by atoms with E-state index in [0.29, 0.717) is 0 Å². The van der Waals surface area contributed by atoms with Crippen molar-refractivity contribution in [3.63, 3.8) is 0 Å². The first-order valence-corrected chi connectivity index (χ1v) is 7.62. The van der Waals surface area contributed by atoms with Crippen molar-refractivity contribution in [2.45, 2.75) is 58.4 Å². The second kappa shape index (κ2) is 6.05. The number of carboxylic acids is 1. The molecule has 2 saturated carbocycles. The molecule has 2 aliphatic rings. The monoisotopic (exact) mass is 253 g/mol. The topological polar surface area (TPSA) is 40.5 Å². The van der Waals surface area contributed by atoms with Crippen LogP contribution in [0.4, 0.5) is 0 Å². The molecule has 0 aromatic heterocycles. The van der Waals surface area contributed by atoms with Gasteiger partial charge in [0, 0.05) is 12.6 Å². The van der Waals surface area contributed by atoms with Crippen molar-refractivity contribution in [3.05, 3.63) is 0 Å². The summed E-state index contributed by atoms with van der Waals surface area (Å²) < 4.78 is 0. The van der Waals surface area contributed by atoms with Gasteiger partial charge in [0.2, 0.25) is 0 Å². The van der Waals surface area contributed by atoms with Crippen molar-refractivity contribution in [2.24, 2.45) is 17.8 Å². The van der Waals surface area contributed by atoms with Crippen LogP contribution in [0.2, 0.25) is 0 Å². The Labute approximate surface area is 111 Å². The zero-order chi connectivity index (χ0) is 13.1. The number of hydrogen-bond donors (Lipinski definition) is 1. The van der Waals surface area contributed by atoms with Gasteiger partial charge in [-0.05, 0) is 50.5 Å². The van der Waals surface area contributed by atoms with E-state index < -0.39 is 5.97 Å². The lowest BCUT2D eigenvalue weighted by molar-refractivity contribution is -0.146. The van der Waals surface area contributed by atoms with Gasteiger partial charge in [0.05, 0.1) is 5.92 Å². The normalized spacial score (nSPS) is 32.7.